The average molecular weight is 196 g/mol. The Kier molecular flexibility index (Phi) is 3.56. The first-order chi connectivity index (χ1) is 6.84. The summed E-state index contributed by atoms with van der Waals surface area (Å²) < 4.78 is 5.44. The van der Waals surface area contributed by atoms with Gasteiger partial charge < -0.3 is 15.0 Å². The molecule has 0 bridgehead atoms. The summed E-state index contributed by atoms with van der Waals surface area (Å²) in [5.74, 6) is 0. The third kappa shape index (κ3) is 2.80. The van der Waals surface area contributed by atoms with Gasteiger partial charge in [-0.15, -0.1) is 0 Å². The molecule has 14 heavy (non-hydrogen) atoms. The van der Waals surface area contributed by atoms with E-state index >= 15 is 0 Å². The minimum atomic E-state index is 0.537. The van der Waals surface area contributed by atoms with Gasteiger partial charge in [-0.25, -0.2) is 0 Å². The summed E-state index contributed by atoms with van der Waals surface area (Å²) in [5, 5.41) is 3.49. The van der Waals surface area contributed by atoms with Crippen LogP contribution >= 0.6 is 0 Å². The van der Waals surface area contributed by atoms with E-state index in [0.717, 1.165) is 26.3 Å². The van der Waals surface area contributed by atoms with Gasteiger partial charge in [0.25, 0.3) is 0 Å². The third-order valence-corrected chi connectivity index (χ3v) is 3.04. The van der Waals surface area contributed by atoms with Crippen LogP contribution in [-0.4, -0.2) is 50.3 Å². The summed E-state index contributed by atoms with van der Waals surface area (Å²) in [6, 6.07) is 0.537. The summed E-state index contributed by atoms with van der Waals surface area (Å²) in [7, 11) is 0. The Balaban J connectivity index is 1.71. The molecule has 2 fully saturated rings. The molecular weight excluding hydrogens is 176 g/mol. The van der Waals surface area contributed by atoms with Crippen LogP contribution in [0, 0.1) is 0 Å². The second-order valence-corrected chi connectivity index (χ2v) is 4.28. The maximum absolute atomic E-state index is 5.44. The second kappa shape index (κ2) is 4.91. The van der Waals surface area contributed by atoms with Gasteiger partial charge in [0, 0.05) is 32.2 Å². The Labute approximate surface area is 86.1 Å². The summed E-state index contributed by atoms with van der Waals surface area (Å²) >= 11 is 0. The van der Waals surface area contributed by atoms with Crippen LogP contribution in [0.2, 0.25) is 0 Å². The molecule has 2 aliphatic heterocycles. The molecule has 0 aromatic rings. The monoisotopic (exact) mass is 196 g/mol. The largest absolute Gasteiger partial charge is 0.378 e. The van der Waals surface area contributed by atoms with Crippen LogP contribution in [0.25, 0.3) is 0 Å². The number of likely N-dealkylation sites (tertiary alicyclic amines) is 1. The van der Waals surface area contributed by atoms with Crippen LogP contribution in [0.1, 0.15) is 12.8 Å². The minimum Gasteiger partial charge on any atom is -0.378 e. The molecule has 0 radical (unpaired) electrons. The molecule has 0 aromatic heterocycles. The molecule has 0 aromatic carbocycles. The van der Waals surface area contributed by atoms with Crippen LogP contribution in [0.4, 0.5) is 0 Å². The lowest BCUT2D eigenvalue weighted by Crippen LogP contribution is -2.49. The van der Waals surface area contributed by atoms with Crippen molar-refractivity contribution in [2.75, 3.05) is 39.4 Å². The van der Waals surface area contributed by atoms with Gasteiger partial charge in [-0.1, -0.05) is 12.2 Å². The molecule has 2 rings (SSSR count). The van der Waals surface area contributed by atoms with E-state index in [0.29, 0.717) is 6.04 Å². The SMILES string of the molecule is C=C1CCN(CC2COCCN2)CC1. The molecule has 3 heteroatoms. The number of nitrogens with one attached hydrogen (secondary N) is 1. The van der Waals surface area contributed by atoms with Crippen LogP contribution in [0.15, 0.2) is 12.2 Å². The number of ether oxygens (including phenoxy) is 1. The molecule has 0 amide bonds. The van der Waals surface area contributed by atoms with Gasteiger partial charge in [-0.3, -0.25) is 0 Å². The van der Waals surface area contributed by atoms with E-state index < -0.39 is 0 Å². The van der Waals surface area contributed by atoms with Crippen molar-refractivity contribution in [3.8, 4) is 0 Å². The van der Waals surface area contributed by atoms with Crippen molar-refractivity contribution in [3.05, 3.63) is 12.2 Å². The highest BCUT2D eigenvalue weighted by Gasteiger charge is 2.19. The quantitative estimate of drug-likeness (QED) is 0.656. The molecule has 80 valence electrons. The highest BCUT2D eigenvalue weighted by molar-refractivity contribution is 4.99. The Hall–Kier alpha value is -0.380. The number of rotatable bonds is 2. The zero-order valence-electron chi connectivity index (χ0n) is 8.80. The number of morpholine rings is 1. The normalized spacial score (nSPS) is 30.6. The van der Waals surface area contributed by atoms with Crippen LogP contribution in [0.5, 0.6) is 0 Å². The molecule has 1 atom stereocenters. The summed E-state index contributed by atoms with van der Waals surface area (Å²) in [5.41, 5.74) is 1.41. The van der Waals surface area contributed by atoms with E-state index in [1.165, 1.54) is 31.5 Å². The highest BCUT2D eigenvalue weighted by Crippen LogP contribution is 2.14. The molecule has 0 spiro atoms. The number of piperidine rings is 1. The molecule has 0 aliphatic carbocycles. The van der Waals surface area contributed by atoms with Crippen molar-refractivity contribution in [1.29, 1.82) is 0 Å². The lowest BCUT2D eigenvalue weighted by Gasteiger charge is -2.33. The van der Waals surface area contributed by atoms with Crippen LogP contribution in [0.3, 0.4) is 0 Å². The molecule has 2 aliphatic rings. The fraction of sp³-hybridized carbons (Fsp3) is 0.818. The van der Waals surface area contributed by atoms with Gasteiger partial charge in [0.15, 0.2) is 0 Å². The fourth-order valence-corrected chi connectivity index (χ4v) is 2.10. The smallest absolute Gasteiger partial charge is 0.0632 e. The van der Waals surface area contributed by atoms with Crippen molar-refractivity contribution in [1.82, 2.24) is 10.2 Å². The summed E-state index contributed by atoms with van der Waals surface area (Å²) in [6.45, 7) is 10.3. The second-order valence-electron chi connectivity index (χ2n) is 4.28. The van der Waals surface area contributed by atoms with E-state index in [1.54, 1.807) is 0 Å². The number of nitrogens with zero attached hydrogens (tertiary/aromatic N) is 1. The van der Waals surface area contributed by atoms with Crippen molar-refractivity contribution in [3.63, 3.8) is 0 Å². The Bertz CT molecular complexity index is 189. The molecule has 1 unspecified atom stereocenters. The zero-order valence-corrected chi connectivity index (χ0v) is 8.80. The lowest BCUT2D eigenvalue weighted by molar-refractivity contribution is 0.0607. The fourth-order valence-electron chi connectivity index (χ4n) is 2.10. The van der Waals surface area contributed by atoms with E-state index in [2.05, 4.69) is 16.8 Å². The van der Waals surface area contributed by atoms with Gasteiger partial charge >= 0.3 is 0 Å². The predicted octanol–water partition coefficient (Wildman–Crippen LogP) is 0.627. The minimum absolute atomic E-state index is 0.537. The summed E-state index contributed by atoms with van der Waals surface area (Å²) in [6.07, 6.45) is 2.35. The van der Waals surface area contributed by atoms with Gasteiger partial charge in [0.2, 0.25) is 0 Å². The number of hydrogen-bond acceptors (Lipinski definition) is 3. The first-order valence-corrected chi connectivity index (χ1v) is 5.55. The number of hydrogen-bond donors (Lipinski definition) is 1. The predicted molar refractivity (Wildman–Crippen MR) is 57.4 cm³/mol. The zero-order chi connectivity index (χ0) is 9.80. The summed E-state index contributed by atoms with van der Waals surface area (Å²) in [4.78, 5) is 2.51. The maximum Gasteiger partial charge on any atom is 0.0632 e. The van der Waals surface area contributed by atoms with Crippen molar-refractivity contribution >= 4 is 0 Å². The average Bonchev–Trinajstić information content (AvgIpc) is 2.23. The van der Waals surface area contributed by atoms with Gasteiger partial charge in [0.1, 0.15) is 0 Å². The first kappa shape index (κ1) is 10.1. The van der Waals surface area contributed by atoms with Crippen molar-refractivity contribution in [2.45, 2.75) is 18.9 Å². The molecule has 0 saturated carbocycles. The first-order valence-electron chi connectivity index (χ1n) is 5.55. The molecule has 2 saturated heterocycles. The Morgan fingerprint density at radius 1 is 1.43 bits per heavy atom. The van der Waals surface area contributed by atoms with Gasteiger partial charge in [-0.2, -0.15) is 0 Å². The highest BCUT2D eigenvalue weighted by atomic mass is 16.5. The van der Waals surface area contributed by atoms with Crippen molar-refractivity contribution in [2.24, 2.45) is 0 Å². The van der Waals surface area contributed by atoms with E-state index in [1.807, 2.05) is 0 Å². The molecule has 3 nitrogen and oxygen atoms in total. The standard InChI is InChI=1S/C11H20N2O/c1-10-2-5-13(6-3-10)8-11-9-14-7-4-12-11/h11-12H,1-9H2. The van der Waals surface area contributed by atoms with Gasteiger partial charge in [-0.05, 0) is 12.8 Å². The Morgan fingerprint density at radius 2 is 2.21 bits per heavy atom. The molecular formula is C11H20N2O. The van der Waals surface area contributed by atoms with E-state index in [-0.39, 0.29) is 0 Å². The van der Waals surface area contributed by atoms with E-state index in [4.69, 9.17) is 4.74 Å². The third-order valence-electron chi connectivity index (χ3n) is 3.04. The molecule has 1 N–H and O–H groups in total. The van der Waals surface area contributed by atoms with Gasteiger partial charge in [0.05, 0.1) is 13.2 Å². The van der Waals surface area contributed by atoms with E-state index in [9.17, 15) is 0 Å². The van der Waals surface area contributed by atoms with Crippen LogP contribution in [-0.2, 0) is 4.74 Å². The van der Waals surface area contributed by atoms with Crippen molar-refractivity contribution < 1.29 is 4.74 Å². The maximum atomic E-state index is 5.44. The topological polar surface area (TPSA) is 24.5 Å². The molecule has 2 heterocycles. The van der Waals surface area contributed by atoms with Crippen LogP contribution < -0.4 is 5.32 Å². The lowest BCUT2D eigenvalue weighted by atomic mass is 10.1. The Morgan fingerprint density at radius 3 is 2.86 bits per heavy atom.